The van der Waals surface area contributed by atoms with Gasteiger partial charge in [-0.3, -0.25) is 0 Å². The minimum Gasteiger partial charge on any atom is -0.207 e. The number of hydrogen-bond donors (Lipinski definition) is 0. The minimum atomic E-state index is -3.51. The highest BCUT2D eigenvalue weighted by Gasteiger charge is 2.35. The molecule has 0 radical (unpaired) electrons. The van der Waals surface area contributed by atoms with Gasteiger partial charge in [-0.25, -0.2) is 8.42 Å². The normalized spacial score (nSPS) is 15.0. The van der Waals surface area contributed by atoms with Crippen molar-refractivity contribution in [2.45, 2.75) is 92.1 Å². The Morgan fingerprint density at radius 2 is 1.04 bits per heavy atom. The first-order valence-corrected chi connectivity index (χ1v) is 10.1. The summed E-state index contributed by atoms with van der Waals surface area (Å²) in [6.07, 6.45) is 1.62. The topological polar surface area (TPSA) is 37.4 Å². The van der Waals surface area contributed by atoms with Crippen molar-refractivity contribution in [2.24, 2.45) is 0 Å². The largest absolute Gasteiger partial charge is 0.244 e. The SMILES string of the molecule is CCC(C)N(C(C)CC)S(=O)(=O)c1c(C)c(C)c(C)c(C)c1C. The number of hydrogen-bond acceptors (Lipinski definition) is 2. The smallest absolute Gasteiger partial charge is 0.207 e. The molecule has 0 aromatic heterocycles. The third kappa shape index (κ3) is 3.48. The van der Waals surface area contributed by atoms with Crippen molar-refractivity contribution in [1.82, 2.24) is 4.31 Å². The van der Waals surface area contributed by atoms with Gasteiger partial charge in [-0.15, -0.1) is 0 Å². The summed E-state index contributed by atoms with van der Waals surface area (Å²) in [7, 11) is -3.51. The lowest BCUT2D eigenvalue weighted by Crippen LogP contribution is -2.44. The molecule has 1 rings (SSSR count). The van der Waals surface area contributed by atoms with Crippen molar-refractivity contribution < 1.29 is 8.42 Å². The van der Waals surface area contributed by atoms with E-state index < -0.39 is 10.0 Å². The van der Waals surface area contributed by atoms with Crippen LogP contribution < -0.4 is 0 Å². The zero-order chi connectivity index (χ0) is 18.1. The van der Waals surface area contributed by atoms with Crippen LogP contribution in [-0.4, -0.2) is 24.8 Å². The summed E-state index contributed by atoms with van der Waals surface area (Å²) in [6.45, 7) is 18.1. The molecule has 0 saturated carbocycles. The van der Waals surface area contributed by atoms with E-state index in [1.807, 2.05) is 55.4 Å². The van der Waals surface area contributed by atoms with Crippen LogP contribution in [0.25, 0.3) is 0 Å². The Kier molecular flexibility index (Phi) is 6.45. The van der Waals surface area contributed by atoms with Gasteiger partial charge in [0.25, 0.3) is 0 Å². The summed E-state index contributed by atoms with van der Waals surface area (Å²) in [5, 5.41) is 0. The highest BCUT2D eigenvalue weighted by atomic mass is 32.2. The molecule has 0 aliphatic rings. The lowest BCUT2D eigenvalue weighted by molar-refractivity contribution is 0.262. The molecule has 0 aliphatic carbocycles. The standard InChI is InChI=1S/C19H33NO2S/c1-10-12(3)20(13(4)11-2)23(21,22)19-17(8)15(6)14(5)16(7)18(19)9/h12-13H,10-11H2,1-9H3. The fourth-order valence-electron chi connectivity index (χ4n) is 3.23. The molecule has 2 unspecified atom stereocenters. The summed E-state index contributed by atoms with van der Waals surface area (Å²) in [5.74, 6) is 0. The van der Waals surface area contributed by atoms with Crippen LogP contribution in [-0.2, 0) is 10.0 Å². The lowest BCUT2D eigenvalue weighted by atomic mass is 9.95. The van der Waals surface area contributed by atoms with E-state index in [0.717, 1.165) is 35.1 Å². The molecule has 3 nitrogen and oxygen atoms in total. The Labute approximate surface area is 143 Å². The van der Waals surface area contributed by atoms with Gasteiger partial charge in [0.15, 0.2) is 0 Å². The van der Waals surface area contributed by atoms with Crippen molar-refractivity contribution >= 4 is 10.0 Å². The molecule has 0 bridgehead atoms. The molecule has 1 aromatic carbocycles. The zero-order valence-corrected chi connectivity index (χ0v) is 17.1. The van der Waals surface area contributed by atoms with Gasteiger partial charge in [0, 0.05) is 12.1 Å². The van der Waals surface area contributed by atoms with Crippen LogP contribution in [0.4, 0.5) is 0 Å². The maximum Gasteiger partial charge on any atom is 0.244 e. The Morgan fingerprint density at radius 1 is 0.739 bits per heavy atom. The zero-order valence-electron chi connectivity index (χ0n) is 16.2. The predicted molar refractivity (Wildman–Crippen MR) is 98.7 cm³/mol. The summed E-state index contributed by atoms with van der Waals surface area (Å²) < 4.78 is 28.8. The van der Waals surface area contributed by atoms with Gasteiger partial charge in [0.05, 0.1) is 4.90 Å². The Morgan fingerprint density at radius 3 is 1.35 bits per heavy atom. The Bertz CT molecular complexity index is 638. The van der Waals surface area contributed by atoms with E-state index >= 15 is 0 Å². The molecule has 4 heteroatoms. The first kappa shape index (κ1) is 20.2. The number of benzene rings is 1. The van der Waals surface area contributed by atoms with E-state index in [2.05, 4.69) is 6.92 Å². The molecule has 0 amide bonds. The first-order valence-electron chi connectivity index (χ1n) is 8.62. The third-order valence-electron chi connectivity index (χ3n) is 5.52. The molecular formula is C19H33NO2S. The number of sulfonamides is 1. The molecule has 132 valence electrons. The highest BCUT2D eigenvalue weighted by molar-refractivity contribution is 7.89. The summed E-state index contributed by atoms with van der Waals surface area (Å²) in [6, 6.07) is -0.00803. The fraction of sp³-hybridized carbons (Fsp3) is 0.684. The van der Waals surface area contributed by atoms with Crippen molar-refractivity contribution in [3.63, 3.8) is 0 Å². The molecule has 0 heterocycles. The van der Waals surface area contributed by atoms with Gasteiger partial charge in [-0.05, 0) is 89.1 Å². The van der Waals surface area contributed by atoms with Gasteiger partial charge < -0.3 is 0 Å². The molecule has 0 fully saturated rings. The highest BCUT2D eigenvalue weighted by Crippen LogP contribution is 2.33. The van der Waals surface area contributed by atoms with Gasteiger partial charge in [-0.1, -0.05) is 13.8 Å². The second-order valence-corrected chi connectivity index (χ2v) is 8.58. The van der Waals surface area contributed by atoms with Crippen LogP contribution in [0.5, 0.6) is 0 Å². The third-order valence-corrected chi connectivity index (χ3v) is 7.92. The Hall–Kier alpha value is -0.870. The molecular weight excluding hydrogens is 306 g/mol. The monoisotopic (exact) mass is 339 g/mol. The van der Waals surface area contributed by atoms with Gasteiger partial charge in [-0.2, -0.15) is 4.31 Å². The van der Waals surface area contributed by atoms with E-state index in [1.165, 1.54) is 5.56 Å². The maximum absolute atomic E-state index is 13.5. The lowest BCUT2D eigenvalue weighted by Gasteiger charge is -2.34. The molecule has 1 aromatic rings. The van der Waals surface area contributed by atoms with Crippen LogP contribution in [0, 0.1) is 34.6 Å². The molecule has 0 saturated heterocycles. The molecule has 0 N–H and O–H groups in total. The van der Waals surface area contributed by atoms with Gasteiger partial charge in [0.2, 0.25) is 10.0 Å². The summed E-state index contributed by atoms with van der Waals surface area (Å²) >= 11 is 0. The van der Waals surface area contributed by atoms with Crippen molar-refractivity contribution in [3.8, 4) is 0 Å². The van der Waals surface area contributed by atoms with Crippen molar-refractivity contribution in [3.05, 3.63) is 27.8 Å². The van der Waals surface area contributed by atoms with E-state index in [-0.39, 0.29) is 12.1 Å². The Balaban J connectivity index is 3.72. The summed E-state index contributed by atoms with van der Waals surface area (Å²) in [5.41, 5.74) is 5.14. The van der Waals surface area contributed by atoms with Gasteiger partial charge in [0.1, 0.15) is 0 Å². The second-order valence-electron chi connectivity index (χ2n) is 6.80. The quantitative estimate of drug-likeness (QED) is 0.745. The number of nitrogens with zero attached hydrogens (tertiary/aromatic N) is 1. The van der Waals surface area contributed by atoms with Crippen LogP contribution >= 0.6 is 0 Å². The molecule has 23 heavy (non-hydrogen) atoms. The first-order chi connectivity index (χ1) is 10.5. The minimum absolute atomic E-state index is 0.00401. The average molecular weight is 340 g/mol. The average Bonchev–Trinajstić information content (AvgIpc) is 2.50. The number of rotatable bonds is 6. The fourth-order valence-corrected chi connectivity index (χ4v) is 5.76. The molecule has 0 spiro atoms. The van der Waals surface area contributed by atoms with E-state index in [0.29, 0.717) is 4.90 Å². The van der Waals surface area contributed by atoms with Crippen molar-refractivity contribution in [1.29, 1.82) is 0 Å². The van der Waals surface area contributed by atoms with Crippen LogP contribution in [0.3, 0.4) is 0 Å². The van der Waals surface area contributed by atoms with Crippen LogP contribution in [0.1, 0.15) is 68.4 Å². The van der Waals surface area contributed by atoms with Gasteiger partial charge >= 0.3 is 0 Å². The maximum atomic E-state index is 13.5. The van der Waals surface area contributed by atoms with Crippen molar-refractivity contribution in [2.75, 3.05) is 0 Å². The van der Waals surface area contributed by atoms with E-state index in [1.54, 1.807) is 4.31 Å². The van der Waals surface area contributed by atoms with E-state index in [4.69, 9.17) is 0 Å². The second kappa shape index (κ2) is 7.35. The van der Waals surface area contributed by atoms with Crippen LogP contribution in [0.15, 0.2) is 4.90 Å². The molecule has 2 atom stereocenters. The predicted octanol–water partition coefficient (Wildman–Crippen LogP) is 4.82. The van der Waals surface area contributed by atoms with E-state index in [9.17, 15) is 8.42 Å². The molecule has 0 aliphatic heterocycles. The van der Waals surface area contributed by atoms with Crippen LogP contribution in [0.2, 0.25) is 0 Å². The summed E-state index contributed by atoms with van der Waals surface area (Å²) in [4.78, 5) is 0.513.